The van der Waals surface area contributed by atoms with Crippen molar-refractivity contribution in [3.63, 3.8) is 0 Å². The molecule has 6 aliphatic rings. The molecule has 6 fully saturated rings. The predicted octanol–water partition coefficient (Wildman–Crippen LogP) is 15.0. The summed E-state index contributed by atoms with van der Waals surface area (Å²) in [5.74, 6) is 1.03. The van der Waals surface area contributed by atoms with Crippen molar-refractivity contribution in [2.45, 2.75) is 107 Å². The van der Waals surface area contributed by atoms with Crippen LogP contribution in [0.15, 0.2) is 145 Å². The van der Waals surface area contributed by atoms with Crippen LogP contribution in [0.1, 0.15) is 108 Å². The molecule has 25 heteroatoms. The number of morpholine rings is 1. The third-order valence-corrected chi connectivity index (χ3v) is 21.4. The van der Waals surface area contributed by atoms with Crippen LogP contribution in [-0.4, -0.2) is 203 Å². The van der Waals surface area contributed by atoms with E-state index in [-0.39, 0.29) is 40.4 Å². The van der Waals surface area contributed by atoms with Gasteiger partial charge in [-0.05, 0) is 136 Å². The third kappa shape index (κ3) is 22.0. The van der Waals surface area contributed by atoms with Gasteiger partial charge in [-0.15, -0.1) is 0 Å². The topological polar surface area (TPSA) is 224 Å². The molecule has 0 saturated carbocycles. The molecule has 99 heavy (non-hydrogen) atoms. The fourth-order valence-electron chi connectivity index (χ4n) is 14.1. The number of amides is 2. The molecule has 0 spiro atoms. The van der Waals surface area contributed by atoms with Gasteiger partial charge in [-0.3, -0.25) is 29.1 Å². The molecule has 6 heterocycles. The maximum absolute atomic E-state index is 12.9. The normalized spacial score (nSPS) is 20.7. The van der Waals surface area contributed by atoms with Crippen LogP contribution in [0, 0.1) is 5.92 Å². The maximum atomic E-state index is 12.9. The Balaban J connectivity index is 0.000000212. The van der Waals surface area contributed by atoms with Crippen LogP contribution in [0.25, 0.3) is 0 Å². The first-order chi connectivity index (χ1) is 47.8. The SMILES string of the molecule is NC(=NC(=O)O)c1ccc(C(=O)N2CCC(N3CCC(Oc4ccc(Cl)c(Cl)c4)CC3)CC2)cc1.O=C(O)C(c1ccccc1)N1CCCC(CN2CCC(Oc3ccc(Cl)c(Cl)c3)CC2)C1.O=C(O)C(c1ccccc1)N1CCO[C@H](CN2CCC(Oc3ccc(Cl)c(Cl)c3)CC2)C1.[HH].[HH].[HH]. The highest BCUT2D eigenvalue weighted by molar-refractivity contribution is 6.43. The number of likely N-dealkylation sites (tertiary alicyclic amines) is 5. The number of amidine groups is 1. The largest absolute Gasteiger partial charge is 0.490 e. The molecule has 6 aromatic carbocycles. The monoisotopic (exact) mass is 1480 g/mol. The zero-order valence-electron chi connectivity index (χ0n) is 55.2. The van der Waals surface area contributed by atoms with E-state index >= 15 is 0 Å². The Kier molecular flexibility index (Phi) is 28.1. The standard InChI is InChI=1S/C25H28Cl2N4O4.C25H30Cl2N2O3.C24H28Cl2N2O4.3H2/c26-21-6-5-20(15-22(21)27)35-19-9-13-30(14-10-19)18-7-11-31(12-8-18)24(32)17-3-1-16(2-4-17)23(28)29-25(33)34;26-22-9-8-21(15-23(22)27)32-20-10-13-28(14-11-20)16-18-5-4-12-29(17-18)24(25(30)31)19-6-2-1-3-7-19;25-21-7-6-19(14-22(21)26)32-18-8-10-27(11-9-18)15-20-16-28(12-13-31-20)23(24(29)30)17-4-2-1-3-5-17;;;/h1-6,15,18-19H,7-14H2,(H2,28,29)(H,33,34);1-3,6-9,15,18,20,24H,4-5,10-14,16-17H2,(H,30,31);1-7,14,18,20,23H,8-13,15-16H2,(H,29,30);3*1H/t;;20-,23?;;;/m..1.../s1. The van der Waals surface area contributed by atoms with Crippen LogP contribution < -0.4 is 19.9 Å². The Morgan fingerprint density at radius 1 is 0.495 bits per heavy atom. The van der Waals surface area contributed by atoms with Gasteiger partial charge in [0.05, 0.1) is 42.8 Å². The average molecular weight is 1480 g/mol. The Bertz CT molecular complexity index is 3520. The lowest BCUT2D eigenvalue weighted by atomic mass is 9.93. The summed E-state index contributed by atoms with van der Waals surface area (Å²) in [6, 6.07) is 40.9. The van der Waals surface area contributed by atoms with Gasteiger partial charge >= 0.3 is 18.0 Å². The van der Waals surface area contributed by atoms with Gasteiger partial charge in [0.15, 0.2) is 0 Å². The van der Waals surface area contributed by atoms with Gasteiger partial charge in [-0.2, -0.15) is 4.99 Å². The second kappa shape index (κ2) is 37.0. The van der Waals surface area contributed by atoms with Gasteiger partial charge in [0, 0.05) is 125 Å². The Labute approximate surface area is 613 Å². The number of rotatable bonds is 19. The number of nitrogens with two attached hydrogens (primary N) is 1. The number of aliphatic imine (C=N–C) groups is 1. The number of ether oxygens (including phenoxy) is 4. The minimum Gasteiger partial charge on any atom is -0.490 e. The minimum absolute atomic E-state index is 0. The van der Waals surface area contributed by atoms with Crippen molar-refractivity contribution in [3.8, 4) is 17.2 Å². The van der Waals surface area contributed by atoms with Crippen LogP contribution in [0.2, 0.25) is 30.1 Å². The molecular weight excluding hydrogens is 1390 g/mol. The van der Waals surface area contributed by atoms with Gasteiger partial charge in [-0.25, -0.2) is 4.79 Å². The Morgan fingerprint density at radius 2 is 0.929 bits per heavy atom. The van der Waals surface area contributed by atoms with Crippen molar-refractivity contribution < 1.29 is 57.7 Å². The van der Waals surface area contributed by atoms with Gasteiger partial charge in [0.2, 0.25) is 0 Å². The van der Waals surface area contributed by atoms with Crippen molar-refractivity contribution in [1.82, 2.24) is 29.4 Å². The smallest absolute Gasteiger partial charge is 0.433 e. The molecule has 536 valence electrons. The van der Waals surface area contributed by atoms with Crippen molar-refractivity contribution in [3.05, 3.63) is 192 Å². The number of nitrogens with zero attached hydrogens (tertiary/aromatic N) is 7. The third-order valence-electron chi connectivity index (χ3n) is 19.2. The van der Waals surface area contributed by atoms with Crippen molar-refractivity contribution in [2.75, 3.05) is 98.2 Å². The molecular formula is C74H92Cl6N8O11. The van der Waals surface area contributed by atoms with Crippen LogP contribution in [0.3, 0.4) is 0 Å². The lowest BCUT2D eigenvalue weighted by Crippen LogP contribution is -2.51. The lowest BCUT2D eigenvalue weighted by Gasteiger charge is -2.41. The summed E-state index contributed by atoms with van der Waals surface area (Å²) in [7, 11) is 0. The van der Waals surface area contributed by atoms with Gasteiger partial charge in [0.1, 0.15) is 53.5 Å². The number of benzene rings is 6. The van der Waals surface area contributed by atoms with E-state index in [9.17, 15) is 29.4 Å². The highest BCUT2D eigenvalue weighted by Gasteiger charge is 2.36. The summed E-state index contributed by atoms with van der Waals surface area (Å²) >= 11 is 36.2. The van der Waals surface area contributed by atoms with Gasteiger partial charge in [-0.1, -0.05) is 142 Å². The number of hydrogen-bond donors (Lipinski definition) is 4. The van der Waals surface area contributed by atoms with Crippen LogP contribution in [0.4, 0.5) is 4.79 Å². The summed E-state index contributed by atoms with van der Waals surface area (Å²) in [6.07, 6.45) is 8.82. The average Bonchev–Trinajstić information content (AvgIpc) is 0.831. The first-order valence-corrected chi connectivity index (χ1v) is 36.2. The summed E-state index contributed by atoms with van der Waals surface area (Å²) in [5.41, 5.74) is 8.35. The first-order valence-electron chi connectivity index (χ1n) is 33.9. The zero-order valence-corrected chi connectivity index (χ0v) is 59.7. The van der Waals surface area contributed by atoms with E-state index in [2.05, 4.69) is 24.6 Å². The lowest BCUT2D eigenvalue weighted by molar-refractivity contribution is -0.147. The van der Waals surface area contributed by atoms with E-state index in [0.717, 1.165) is 158 Å². The van der Waals surface area contributed by atoms with E-state index in [1.54, 1.807) is 60.7 Å². The van der Waals surface area contributed by atoms with Crippen molar-refractivity contribution in [1.29, 1.82) is 0 Å². The molecule has 6 aromatic rings. The molecule has 19 nitrogen and oxygen atoms in total. The van der Waals surface area contributed by atoms with Crippen LogP contribution >= 0.6 is 69.6 Å². The molecule has 6 aliphatic heterocycles. The molecule has 5 N–H and O–H groups in total. The number of carboxylic acids is 2. The minimum atomic E-state index is -1.35. The number of carbonyl (C=O) groups excluding carboxylic acids is 1. The van der Waals surface area contributed by atoms with E-state index in [1.807, 2.05) is 88.7 Å². The summed E-state index contributed by atoms with van der Waals surface area (Å²) in [6.45, 7) is 12.3. The number of aliphatic carboxylic acids is 2. The van der Waals surface area contributed by atoms with E-state index < -0.39 is 30.1 Å². The summed E-state index contributed by atoms with van der Waals surface area (Å²) in [4.78, 5) is 64.4. The number of hydrogen-bond acceptors (Lipinski definition) is 13. The molecule has 2 amide bonds. The summed E-state index contributed by atoms with van der Waals surface area (Å²) < 4.78 is 24.3. The molecule has 6 saturated heterocycles. The van der Waals surface area contributed by atoms with Gasteiger partial charge < -0.3 is 54.7 Å². The van der Waals surface area contributed by atoms with Crippen molar-refractivity contribution >= 4 is 99.4 Å². The second-order valence-electron chi connectivity index (χ2n) is 26.0. The van der Waals surface area contributed by atoms with Crippen molar-refractivity contribution in [2.24, 2.45) is 16.6 Å². The molecule has 4 atom stereocenters. The fraction of sp³-hybridized carbons (Fsp3) is 0.446. The van der Waals surface area contributed by atoms with E-state index in [1.165, 1.54) is 0 Å². The van der Waals surface area contributed by atoms with Gasteiger partial charge in [0.25, 0.3) is 5.91 Å². The number of piperidine rings is 5. The molecule has 3 unspecified atom stereocenters. The first kappa shape index (κ1) is 75.2. The number of carboxylic acid groups (broad SMARTS) is 3. The van der Waals surface area contributed by atoms with Crippen LogP contribution in [0.5, 0.6) is 17.2 Å². The highest BCUT2D eigenvalue weighted by Crippen LogP contribution is 2.34. The molecule has 0 bridgehead atoms. The molecule has 0 aliphatic carbocycles. The predicted molar refractivity (Wildman–Crippen MR) is 394 cm³/mol. The highest BCUT2D eigenvalue weighted by atomic mass is 35.5. The van der Waals surface area contributed by atoms with E-state index in [4.69, 9.17) is 99.4 Å². The second-order valence-corrected chi connectivity index (χ2v) is 28.4. The number of halogens is 6. The zero-order chi connectivity index (χ0) is 70.0. The molecule has 0 radical (unpaired) electrons. The maximum Gasteiger partial charge on any atom is 0.433 e. The molecule has 0 aromatic heterocycles. The Morgan fingerprint density at radius 3 is 1.37 bits per heavy atom. The summed E-state index contributed by atoms with van der Waals surface area (Å²) in [5, 5.41) is 31.5. The fourth-order valence-corrected chi connectivity index (χ4v) is 14.9. The quantitative estimate of drug-likeness (QED) is 0.0437. The van der Waals surface area contributed by atoms with E-state index in [0.29, 0.717) is 86.0 Å². The number of carbonyl (C=O) groups is 4. The van der Waals surface area contributed by atoms with Crippen LogP contribution in [-0.2, 0) is 14.3 Å². The molecule has 12 rings (SSSR count). The Hall–Kier alpha value is -6.43.